The van der Waals surface area contributed by atoms with Gasteiger partial charge in [-0.1, -0.05) is 30.4 Å². The molecule has 4 rings (SSSR count). The maximum absolute atomic E-state index is 8.94. The fourth-order valence-electron chi connectivity index (χ4n) is 5.07. The van der Waals surface area contributed by atoms with Gasteiger partial charge in [0.05, 0.1) is 11.8 Å². The Morgan fingerprint density at radius 2 is 1.97 bits per heavy atom. The molecule has 1 aromatic carbocycles. The summed E-state index contributed by atoms with van der Waals surface area (Å²) in [4.78, 5) is 4.36. The Bertz CT molecular complexity index is 1130. The Morgan fingerprint density at radius 1 is 1.19 bits per heavy atom. The van der Waals surface area contributed by atoms with Gasteiger partial charge in [-0.2, -0.15) is 10.4 Å². The molecule has 0 radical (unpaired) electrons. The number of nitrogens with one attached hydrogen (secondary N) is 1. The Morgan fingerprint density at radius 3 is 2.53 bits per heavy atom. The number of anilines is 1. The molecule has 0 aliphatic heterocycles. The molecule has 3 aromatic rings. The highest BCUT2D eigenvalue weighted by Gasteiger charge is 2.29. The molecule has 1 fully saturated rings. The molecule has 0 bridgehead atoms. The van der Waals surface area contributed by atoms with Crippen LogP contribution in [0.1, 0.15) is 55.2 Å². The van der Waals surface area contributed by atoms with E-state index in [1.807, 2.05) is 30.1 Å². The Hall–Kier alpha value is -3.39. The molecule has 5 heteroatoms. The summed E-state index contributed by atoms with van der Waals surface area (Å²) >= 11 is 0. The third-order valence-electron chi connectivity index (χ3n) is 6.64. The van der Waals surface area contributed by atoms with Gasteiger partial charge in [-0.15, -0.1) is 0 Å². The fraction of sp³-hybridized carbons (Fsp3) is 0.370. The van der Waals surface area contributed by atoms with Crippen LogP contribution in [0.5, 0.6) is 0 Å². The molecule has 1 aliphatic rings. The van der Waals surface area contributed by atoms with Gasteiger partial charge in [-0.3, -0.25) is 4.68 Å². The van der Waals surface area contributed by atoms with Gasteiger partial charge < -0.3 is 5.32 Å². The molecule has 1 atom stereocenters. The molecule has 5 nitrogen and oxygen atoms in total. The largest absolute Gasteiger partial charge is 0.367 e. The van der Waals surface area contributed by atoms with Crippen LogP contribution in [0.4, 0.5) is 5.82 Å². The number of nitrogens with zero attached hydrogens (tertiary/aromatic N) is 4. The number of hydrogen-bond donors (Lipinski definition) is 1. The van der Waals surface area contributed by atoms with Crippen molar-refractivity contribution in [3.05, 3.63) is 77.8 Å². The van der Waals surface area contributed by atoms with E-state index >= 15 is 0 Å². The number of aromatic nitrogens is 3. The zero-order valence-electron chi connectivity index (χ0n) is 19.2. The smallest absolute Gasteiger partial charge is 0.126 e. The molecule has 1 unspecified atom stereocenters. The molecule has 2 aromatic heterocycles. The maximum atomic E-state index is 8.94. The summed E-state index contributed by atoms with van der Waals surface area (Å²) in [6.07, 6.45) is 10.2. The van der Waals surface area contributed by atoms with Gasteiger partial charge in [0.15, 0.2) is 0 Å². The van der Waals surface area contributed by atoms with Crippen molar-refractivity contribution in [3.8, 4) is 17.2 Å². The molecule has 164 valence electrons. The van der Waals surface area contributed by atoms with E-state index in [9.17, 15) is 0 Å². The van der Waals surface area contributed by atoms with E-state index in [2.05, 4.69) is 66.3 Å². The van der Waals surface area contributed by atoms with Gasteiger partial charge in [0.2, 0.25) is 0 Å². The molecule has 1 saturated carbocycles. The zero-order valence-corrected chi connectivity index (χ0v) is 19.2. The first kappa shape index (κ1) is 21.8. The highest BCUT2D eigenvalue weighted by atomic mass is 15.2. The van der Waals surface area contributed by atoms with E-state index < -0.39 is 0 Å². The van der Waals surface area contributed by atoms with E-state index in [1.54, 1.807) is 6.20 Å². The first-order chi connectivity index (χ1) is 15.4. The minimum absolute atomic E-state index is 0.380. The molecule has 0 saturated heterocycles. The van der Waals surface area contributed by atoms with Crippen LogP contribution in [0.15, 0.2) is 61.1 Å². The lowest BCUT2D eigenvalue weighted by molar-refractivity contribution is 0.308. The fourth-order valence-corrected chi connectivity index (χ4v) is 5.07. The monoisotopic (exact) mass is 425 g/mol. The van der Waals surface area contributed by atoms with Crippen molar-refractivity contribution in [2.75, 3.05) is 5.32 Å². The minimum atomic E-state index is 0.380. The predicted molar refractivity (Wildman–Crippen MR) is 129 cm³/mol. The van der Waals surface area contributed by atoms with Crippen molar-refractivity contribution in [2.45, 2.75) is 51.5 Å². The summed E-state index contributed by atoms with van der Waals surface area (Å²) in [6.45, 7) is 8.71. The van der Waals surface area contributed by atoms with Crippen LogP contribution in [0.25, 0.3) is 11.1 Å². The van der Waals surface area contributed by atoms with E-state index in [1.165, 1.54) is 22.3 Å². The number of allylic oxidation sites excluding steroid dienone is 1. The first-order valence-electron chi connectivity index (χ1n) is 11.3. The Balaban J connectivity index is 1.44. The molecular weight excluding hydrogens is 394 g/mol. The van der Waals surface area contributed by atoms with Gasteiger partial charge in [-0.05, 0) is 74.3 Å². The van der Waals surface area contributed by atoms with Crippen LogP contribution in [-0.2, 0) is 7.05 Å². The van der Waals surface area contributed by atoms with Crippen molar-refractivity contribution >= 4 is 5.82 Å². The van der Waals surface area contributed by atoms with Gasteiger partial charge in [0.1, 0.15) is 11.9 Å². The van der Waals surface area contributed by atoms with Crippen molar-refractivity contribution in [1.29, 1.82) is 5.26 Å². The van der Waals surface area contributed by atoms with Gasteiger partial charge >= 0.3 is 0 Å². The Labute approximate surface area is 190 Å². The third-order valence-corrected chi connectivity index (χ3v) is 6.64. The van der Waals surface area contributed by atoms with Crippen molar-refractivity contribution < 1.29 is 0 Å². The second-order valence-electron chi connectivity index (χ2n) is 9.10. The topological polar surface area (TPSA) is 66.5 Å². The second kappa shape index (κ2) is 9.40. The summed E-state index contributed by atoms with van der Waals surface area (Å²) in [5.41, 5.74) is 6.88. The van der Waals surface area contributed by atoms with Gasteiger partial charge in [-0.25, -0.2) is 4.98 Å². The summed E-state index contributed by atoms with van der Waals surface area (Å²) in [7, 11) is 1.95. The number of aryl methyl sites for hydroxylation is 2. The standard InChI is InChI=1S/C27H31N5/c1-18(2)27(22-8-11-25(19(3)13-22)23-16-30-32(4)17-23)21-6-9-24(10-7-21)31-26-12-5-20(14-28)15-29-26/h5,8,11-13,15-17,21,24,27H,1,6-7,9-10H2,2-4H3,(H,29,31). The SMILES string of the molecule is C=C(C)C(c1ccc(-c2cnn(C)c2)c(C)c1)C1CCC(Nc2ccc(C#N)cn2)CC1. The van der Waals surface area contributed by atoms with Crippen LogP contribution >= 0.6 is 0 Å². The van der Waals surface area contributed by atoms with Crippen LogP contribution in [0, 0.1) is 24.2 Å². The number of pyridine rings is 1. The summed E-state index contributed by atoms with van der Waals surface area (Å²) in [5.74, 6) is 1.83. The van der Waals surface area contributed by atoms with Crippen LogP contribution < -0.4 is 5.32 Å². The molecule has 2 heterocycles. The average molecular weight is 426 g/mol. The molecule has 1 aliphatic carbocycles. The lowest BCUT2D eigenvalue weighted by Gasteiger charge is -2.35. The van der Waals surface area contributed by atoms with E-state index in [4.69, 9.17) is 5.26 Å². The molecule has 0 amide bonds. The number of rotatable bonds is 6. The number of nitriles is 1. The lowest BCUT2D eigenvalue weighted by Crippen LogP contribution is -2.29. The Kier molecular flexibility index (Phi) is 6.41. The summed E-state index contributed by atoms with van der Waals surface area (Å²) in [6, 6.07) is 13.1. The van der Waals surface area contributed by atoms with E-state index in [0.29, 0.717) is 23.4 Å². The third kappa shape index (κ3) is 4.75. The number of benzene rings is 1. The summed E-state index contributed by atoms with van der Waals surface area (Å²) in [5, 5.41) is 16.8. The quantitative estimate of drug-likeness (QED) is 0.492. The van der Waals surface area contributed by atoms with E-state index in [-0.39, 0.29) is 0 Å². The van der Waals surface area contributed by atoms with Crippen molar-refractivity contribution in [3.63, 3.8) is 0 Å². The second-order valence-corrected chi connectivity index (χ2v) is 9.10. The van der Waals surface area contributed by atoms with Gasteiger partial charge in [0.25, 0.3) is 0 Å². The van der Waals surface area contributed by atoms with Gasteiger partial charge in [0, 0.05) is 37.0 Å². The summed E-state index contributed by atoms with van der Waals surface area (Å²) < 4.78 is 1.85. The number of hydrogen-bond acceptors (Lipinski definition) is 4. The predicted octanol–water partition coefficient (Wildman–Crippen LogP) is 5.99. The van der Waals surface area contributed by atoms with Crippen LogP contribution in [0.2, 0.25) is 0 Å². The zero-order chi connectivity index (χ0) is 22.7. The lowest BCUT2D eigenvalue weighted by atomic mass is 9.72. The van der Waals surface area contributed by atoms with E-state index in [0.717, 1.165) is 37.1 Å². The molecular formula is C27H31N5. The van der Waals surface area contributed by atoms with Crippen LogP contribution in [-0.4, -0.2) is 20.8 Å². The van der Waals surface area contributed by atoms with Crippen molar-refractivity contribution in [1.82, 2.24) is 14.8 Å². The van der Waals surface area contributed by atoms with Crippen LogP contribution in [0.3, 0.4) is 0 Å². The molecule has 32 heavy (non-hydrogen) atoms. The average Bonchev–Trinajstić information content (AvgIpc) is 3.21. The highest BCUT2D eigenvalue weighted by molar-refractivity contribution is 5.66. The minimum Gasteiger partial charge on any atom is -0.367 e. The molecule has 0 spiro atoms. The normalized spacial score (nSPS) is 19.2. The first-order valence-corrected chi connectivity index (χ1v) is 11.3. The maximum Gasteiger partial charge on any atom is 0.126 e. The molecule has 1 N–H and O–H groups in total. The van der Waals surface area contributed by atoms with Crippen molar-refractivity contribution in [2.24, 2.45) is 13.0 Å². The highest BCUT2D eigenvalue weighted by Crippen LogP contribution is 2.41.